The molecule has 1 heterocycles. The summed E-state index contributed by atoms with van der Waals surface area (Å²) in [6, 6.07) is 21.5. The Bertz CT molecular complexity index is 1170. The number of nitrogens with zero attached hydrogens (tertiary/aromatic N) is 1. The summed E-state index contributed by atoms with van der Waals surface area (Å²) in [6.45, 7) is 4.31. The van der Waals surface area contributed by atoms with Gasteiger partial charge in [0.15, 0.2) is 0 Å². The molecule has 31 heavy (non-hydrogen) atoms. The Morgan fingerprint density at radius 2 is 1.65 bits per heavy atom. The number of halogens is 1. The smallest absolute Gasteiger partial charge is 0.282 e. The number of hydrogen-bond donors (Lipinski definition) is 1. The van der Waals surface area contributed by atoms with Gasteiger partial charge in [0.05, 0.1) is 17.9 Å². The summed E-state index contributed by atoms with van der Waals surface area (Å²) >= 11 is 6.07. The summed E-state index contributed by atoms with van der Waals surface area (Å²) in [6.07, 6.45) is 0. The van der Waals surface area contributed by atoms with E-state index in [1.807, 2.05) is 68.4 Å². The molecule has 0 unspecified atom stereocenters. The fourth-order valence-corrected chi connectivity index (χ4v) is 3.78. The predicted octanol–water partition coefficient (Wildman–Crippen LogP) is 5.44. The second-order valence-corrected chi connectivity index (χ2v) is 7.51. The third kappa shape index (κ3) is 4.05. The molecular formula is C25H21ClN2O3. The molecule has 6 heteroatoms. The second kappa shape index (κ2) is 8.66. The van der Waals surface area contributed by atoms with E-state index in [0.717, 1.165) is 11.3 Å². The van der Waals surface area contributed by atoms with Gasteiger partial charge >= 0.3 is 0 Å². The molecule has 3 aromatic carbocycles. The van der Waals surface area contributed by atoms with Crippen molar-refractivity contribution in [2.75, 3.05) is 16.8 Å². The van der Waals surface area contributed by atoms with Crippen LogP contribution in [0.15, 0.2) is 78.5 Å². The highest BCUT2D eigenvalue weighted by molar-refractivity contribution is 6.46. The second-order valence-electron chi connectivity index (χ2n) is 7.07. The number of aryl methyl sites for hydroxylation is 1. The molecule has 0 atom stereocenters. The van der Waals surface area contributed by atoms with Gasteiger partial charge in [0.2, 0.25) is 0 Å². The Morgan fingerprint density at radius 3 is 2.29 bits per heavy atom. The van der Waals surface area contributed by atoms with Crippen molar-refractivity contribution in [2.45, 2.75) is 13.8 Å². The van der Waals surface area contributed by atoms with Gasteiger partial charge in [-0.2, -0.15) is 0 Å². The highest BCUT2D eigenvalue weighted by Gasteiger charge is 2.40. The van der Waals surface area contributed by atoms with Crippen LogP contribution in [0.25, 0.3) is 5.57 Å². The first-order chi connectivity index (χ1) is 15.0. The molecule has 2 amide bonds. The maximum Gasteiger partial charge on any atom is 0.282 e. The topological polar surface area (TPSA) is 58.6 Å². The Balaban J connectivity index is 1.77. The molecule has 0 aromatic heterocycles. The third-order valence-corrected chi connectivity index (χ3v) is 5.22. The standard InChI is InChI=1S/C25H21ClN2O3/c1-3-31-20-12-10-19(11-13-20)27-23-22(17-7-5-4-6-8-17)24(29)28(25(23)30)21-14-9-18(26)15-16(21)2/h4-15,27H,3H2,1-2H3. The molecule has 1 N–H and O–H groups in total. The van der Waals surface area contributed by atoms with E-state index < -0.39 is 5.91 Å². The zero-order chi connectivity index (χ0) is 22.0. The van der Waals surface area contributed by atoms with E-state index in [0.29, 0.717) is 34.1 Å². The van der Waals surface area contributed by atoms with Gasteiger partial charge in [-0.1, -0.05) is 41.9 Å². The zero-order valence-corrected chi connectivity index (χ0v) is 17.9. The van der Waals surface area contributed by atoms with Gasteiger partial charge in [-0.3, -0.25) is 9.59 Å². The molecule has 0 saturated heterocycles. The van der Waals surface area contributed by atoms with E-state index in [2.05, 4.69) is 5.32 Å². The quantitative estimate of drug-likeness (QED) is 0.526. The molecule has 1 aliphatic rings. The predicted molar refractivity (Wildman–Crippen MR) is 123 cm³/mol. The first kappa shape index (κ1) is 20.7. The highest BCUT2D eigenvalue weighted by atomic mass is 35.5. The van der Waals surface area contributed by atoms with Gasteiger partial charge < -0.3 is 10.1 Å². The number of amides is 2. The number of carbonyl (C=O) groups is 2. The summed E-state index contributed by atoms with van der Waals surface area (Å²) in [5.74, 6) is -0.0595. The Hall–Kier alpha value is -3.57. The summed E-state index contributed by atoms with van der Waals surface area (Å²) in [4.78, 5) is 28.1. The van der Waals surface area contributed by atoms with E-state index >= 15 is 0 Å². The molecule has 0 bridgehead atoms. The van der Waals surface area contributed by atoms with Gasteiger partial charge in [-0.05, 0) is 67.4 Å². The van der Waals surface area contributed by atoms with Crippen molar-refractivity contribution >= 4 is 40.4 Å². The number of ether oxygens (including phenoxy) is 1. The van der Waals surface area contributed by atoms with Crippen LogP contribution in [-0.2, 0) is 9.59 Å². The molecule has 3 aromatic rings. The average molecular weight is 433 g/mol. The van der Waals surface area contributed by atoms with E-state index in [-0.39, 0.29) is 11.6 Å². The van der Waals surface area contributed by atoms with Crippen molar-refractivity contribution < 1.29 is 14.3 Å². The van der Waals surface area contributed by atoms with Crippen molar-refractivity contribution in [1.29, 1.82) is 0 Å². The number of nitrogens with one attached hydrogen (secondary N) is 1. The molecule has 0 radical (unpaired) electrons. The van der Waals surface area contributed by atoms with Gasteiger partial charge in [0.1, 0.15) is 11.4 Å². The van der Waals surface area contributed by atoms with Crippen LogP contribution < -0.4 is 15.0 Å². The number of anilines is 2. The monoisotopic (exact) mass is 432 g/mol. The van der Waals surface area contributed by atoms with Gasteiger partial charge in [0.25, 0.3) is 11.8 Å². The van der Waals surface area contributed by atoms with E-state index in [1.54, 1.807) is 18.2 Å². The van der Waals surface area contributed by atoms with Gasteiger partial charge in [-0.15, -0.1) is 0 Å². The van der Waals surface area contributed by atoms with Crippen LogP contribution >= 0.6 is 11.6 Å². The first-order valence-electron chi connectivity index (χ1n) is 9.94. The van der Waals surface area contributed by atoms with Crippen LogP contribution in [0, 0.1) is 6.92 Å². The van der Waals surface area contributed by atoms with Crippen LogP contribution in [-0.4, -0.2) is 18.4 Å². The fourth-order valence-electron chi connectivity index (χ4n) is 3.55. The normalized spacial score (nSPS) is 13.7. The van der Waals surface area contributed by atoms with Gasteiger partial charge in [0, 0.05) is 10.7 Å². The molecule has 4 rings (SSSR count). The van der Waals surface area contributed by atoms with Crippen molar-refractivity contribution in [3.63, 3.8) is 0 Å². The lowest BCUT2D eigenvalue weighted by Gasteiger charge is -2.18. The number of imide groups is 1. The van der Waals surface area contributed by atoms with Crippen molar-refractivity contribution in [3.8, 4) is 5.75 Å². The highest BCUT2D eigenvalue weighted by Crippen LogP contribution is 2.35. The van der Waals surface area contributed by atoms with Crippen LogP contribution in [0.2, 0.25) is 5.02 Å². The molecule has 0 spiro atoms. The summed E-state index contributed by atoms with van der Waals surface area (Å²) in [5, 5.41) is 3.70. The van der Waals surface area contributed by atoms with E-state index in [9.17, 15) is 9.59 Å². The molecule has 0 aliphatic carbocycles. The molecule has 0 fully saturated rings. The van der Waals surface area contributed by atoms with Crippen molar-refractivity contribution in [1.82, 2.24) is 0 Å². The Kier molecular flexibility index (Phi) is 5.78. The maximum absolute atomic E-state index is 13.4. The Morgan fingerprint density at radius 1 is 0.935 bits per heavy atom. The van der Waals surface area contributed by atoms with Crippen LogP contribution in [0.4, 0.5) is 11.4 Å². The summed E-state index contributed by atoms with van der Waals surface area (Å²) in [7, 11) is 0. The largest absolute Gasteiger partial charge is 0.494 e. The van der Waals surface area contributed by atoms with Crippen LogP contribution in [0.3, 0.4) is 0 Å². The lowest BCUT2D eigenvalue weighted by atomic mass is 10.0. The zero-order valence-electron chi connectivity index (χ0n) is 17.2. The third-order valence-electron chi connectivity index (χ3n) is 4.98. The average Bonchev–Trinajstić information content (AvgIpc) is 3.00. The molecule has 5 nitrogen and oxygen atoms in total. The summed E-state index contributed by atoms with van der Waals surface area (Å²) < 4.78 is 5.48. The minimum atomic E-state index is -0.414. The summed E-state index contributed by atoms with van der Waals surface area (Å²) in [5.41, 5.74) is 3.16. The first-order valence-corrected chi connectivity index (χ1v) is 10.3. The van der Waals surface area contributed by atoms with Gasteiger partial charge in [-0.25, -0.2) is 4.90 Å². The lowest BCUT2D eigenvalue weighted by Crippen LogP contribution is -2.33. The molecule has 0 saturated carbocycles. The fraction of sp³-hybridized carbons (Fsp3) is 0.120. The number of hydrogen-bond acceptors (Lipinski definition) is 4. The number of rotatable bonds is 6. The number of benzene rings is 3. The SMILES string of the molecule is CCOc1ccc(NC2=C(c3ccccc3)C(=O)N(c3ccc(Cl)cc3C)C2=O)cc1. The van der Waals surface area contributed by atoms with Crippen molar-refractivity contribution in [2.24, 2.45) is 0 Å². The minimum absolute atomic E-state index is 0.231. The van der Waals surface area contributed by atoms with Crippen LogP contribution in [0.1, 0.15) is 18.1 Å². The molecule has 1 aliphatic heterocycles. The molecular weight excluding hydrogens is 412 g/mol. The van der Waals surface area contributed by atoms with E-state index in [1.165, 1.54) is 4.90 Å². The maximum atomic E-state index is 13.4. The van der Waals surface area contributed by atoms with Crippen molar-refractivity contribution in [3.05, 3.63) is 94.6 Å². The lowest BCUT2D eigenvalue weighted by molar-refractivity contribution is -0.120. The van der Waals surface area contributed by atoms with Crippen LogP contribution in [0.5, 0.6) is 5.75 Å². The number of carbonyl (C=O) groups excluding carboxylic acids is 2. The minimum Gasteiger partial charge on any atom is -0.494 e. The van der Waals surface area contributed by atoms with E-state index in [4.69, 9.17) is 16.3 Å². The Labute approximate surface area is 185 Å². The molecule has 156 valence electrons.